The number of aliphatic carboxylic acids is 1. The second kappa shape index (κ2) is 5.34. The fourth-order valence-corrected chi connectivity index (χ4v) is 3.42. The van der Waals surface area contributed by atoms with Crippen LogP contribution in [0.1, 0.15) is 5.69 Å². The van der Waals surface area contributed by atoms with Gasteiger partial charge in [0.05, 0.1) is 29.8 Å². The fraction of sp³-hybridized carbons (Fsp3) is 0.158. The average Bonchev–Trinajstić information content (AvgIpc) is 3.03. The summed E-state index contributed by atoms with van der Waals surface area (Å²) in [7, 11) is 0. The van der Waals surface area contributed by atoms with Crippen LogP contribution in [0.15, 0.2) is 55.2 Å². The van der Waals surface area contributed by atoms with Gasteiger partial charge < -0.3 is 10.4 Å². The highest BCUT2D eigenvalue weighted by atomic mass is 16.4. The van der Waals surface area contributed by atoms with Crippen LogP contribution in [0.3, 0.4) is 0 Å². The standard InChI is InChI=1S/C19H15N5O2/c25-18(26)19(10-21-11-19)17-9-24-16(8-22-17)15(7-23-24)13-1-2-14-6-20-4-3-12(14)5-13/h1-9,21H,10-11H2,(H,25,26). The lowest BCUT2D eigenvalue weighted by atomic mass is 9.79. The van der Waals surface area contributed by atoms with Crippen LogP contribution in [-0.4, -0.2) is 43.7 Å². The number of hydrogen-bond acceptors (Lipinski definition) is 5. The number of rotatable bonds is 3. The molecule has 1 aliphatic rings. The van der Waals surface area contributed by atoms with E-state index < -0.39 is 11.4 Å². The van der Waals surface area contributed by atoms with Crippen molar-refractivity contribution in [2.24, 2.45) is 0 Å². The van der Waals surface area contributed by atoms with E-state index in [1.54, 1.807) is 29.3 Å². The van der Waals surface area contributed by atoms with Gasteiger partial charge in [-0.3, -0.25) is 14.8 Å². The van der Waals surface area contributed by atoms with E-state index in [0.29, 0.717) is 18.8 Å². The average molecular weight is 345 g/mol. The Labute approximate surface area is 148 Å². The lowest BCUT2D eigenvalue weighted by Gasteiger charge is -2.37. The number of nitrogens with one attached hydrogen (secondary N) is 1. The third-order valence-corrected chi connectivity index (χ3v) is 5.11. The van der Waals surface area contributed by atoms with Gasteiger partial charge in [0.2, 0.25) is 0 Å². The summed E-state index contributed by atoms with van der Waals surface area (Å²) in [6.45, 7) is 0.765. The summed E-state index contributed by atoms with van der Waals surface area (Å²) in [6.07, 6.45) is 8.82. The second-order valence-electron chi connectivity index (χ2n) is 6.59. The van der Waals surface area contributed by atoms with Gasteiger partial charge in [0, 0.05) is 36.4 Å². The summed E-state index contributed by atoms with van der Waals surface area (Å²) in [5.74, 6) is -0.862. The van der Waals surface area contributed by atoms with Crippen LogP contribution in [-0.2, 0) is 10.2 Å². The number of pyridine rings is 1. The van der Waals surface area contributed by atoms with Crippen LogP contribution >= 0.6 is 0 Å². The highest BCUT2D eigenvalue weighted by Gasteiger charge is 2.47. The molecule has 0 bridgehead atoms. The molecule has 1 saturated heterocycles. The Morgan fingerprint density at radius 2 is 2.04 bits per heavy atom. The van der Waals surface area contributed by atoms with Gasteiger partial charge in [0.25, 0.3) is 0 Å². The summed E-state index contributed by atoms with van der Waals surface area (Å²) in [4.78, 5) is 20.3. The first-order chi connectivity index (χ1) is 12.7. The van der Waals surface area contributed by atoms with Crippen LogP contribution in [0, 0.1) is 0 Å². The van der Waals surface area contributed by atoms with E-state index in [1.807, 2.05) is 24.4 Å². The van der Waals surface area contributed by atoms with E-state index in [9.17, 15) is 9.90 Å². The maximum atomic E-state index is 11.7. The molecule has 128 valence electrons. The molecule has 26 heavy (non-hydrogen) atoms. The molecule has 0 saturated carbocycles. The zero-order valence-corrected chi connectivity index (χ0v) is 13.8. The monoisotopic (exact) mass is 345 g/mol. The lowest BCUT2D eigenvalue weighted by Crippen LogP contribution is -2.62. The van der Waals surface area contributed by atoms with Crippen molar-refractivity contribution in [1.29, 1.82) is 0 Å². The van der Waals surface area contributed by atoms with Gasteiger partial charge in [0.1, 0.15) is 5.41 Å². The summed E-state index contributed by atoms with van der Waals surface area (Å²) in [6, 6.07) is 8.13. The maximum Gasteiger partial charge on any atom is 0.318 e. The molecule has 0 aliphatic carbocycles. The number of hydrogen-bond donors (Lipinski definition) is 2. The summed E-state index contributed by atoms with van der Waals surface area (Å²) in [5, 5.41) is 19.2. The normalized spacial score (nSPS) is 15.8. The maximum absolute atomic E-state index is 11.7. The van der Waals surface area contributed by atoms with Crippen molar-refractivity contribution in [3.8, 4) is 11.1 Å². The second-order valence-corrected chi connectivity index (χ2v) is 6.59. The summed E-state index contributed by atoms with van der Waals surface area (Å²) >= 11 is 0. The molecule has 0 spiro atoms. The van der Waals surface area contributed by atoms with E-state index in [-0.39, 0.29) is 0 Å². The minimum Gasteiger partial charge on any atom is -0.480 e. The topological polar surface area (TPSA) is 92.4 Å². The molecule has 0 amide bonds. The number of aromatic nitrogens is 4. The SMILES string of the molecule is O=C(O)C1(c2cn3ncc(-c4ccc5cnccc5c4)c3cn2)CNC1. The molecule has 0 atom stereocenters. The van der Waals surface area contributed by atoms with E-state index in [2.05, 4.69) is 26.4 Å². The molecule has 3 aromatic heterocycles. The number of carboxylic acid groups (broad SMARTS) is 1. The minimum absolute atomic E-state index is 0.383. The van der Waals surface area contributed by atoms with E-state index in [0.717, 1.165) is 27.4 Å². The molecule has 1 fully saturated rings. The minimum atomic E-state index is -0.962. The molecular weight excluding hydrogens is 330 g/mol. The number of benzene rings is 1. The quantitative estimate of drug-likeness (QED) is 0.589. The van der Waals surface area contributed by atoms with Gasteiger partial charge in [-0.15, -0.1) is 0 Å². The van der Waals surface area contributed by atoms with Crippen LogP contribution in [0.5, 0.6) is 0 Å². The Balaban J connectivity index is 1.62. The van der Waals surface area contributed by atoms with E-state index in [1.165, 1.54) is 0 Å². The number of fused-ring (bicyclic) bond motifs is 2. The summed E-state index contributed by atoms with van der Waals surface area (Å²) in [5.41, 5.74) is 2.40. The molecule has 7 nitrogen and oxygen atoms in total. The molecule has 1 aliphatic heterocycles. The highest BCUT2D eigenvalue weighted by molar-refractivity contribution is 5.90. The van der Waals surface area contributed by atoms with Crippen molar-refractivity contribution >= 4 is 22.3 Å². The zero-order valence-electron chi connectivity index (χ0n) is 13.8. The predicted molar refractivity (Wildman–Crippen MR) is 95.9 cm³/mol. The highest BCUT2D eigenvalue weighted by Crippen LogP contribution is 2.30. The van der Waals surface area contributed by atoms with E-state index >= 15 is 0 Å². The lowest BCUT2D eigenvalue weighted by molar-refractivity contribution is -0.146. The molecule has 1 aromatic carbocycles. The zero-order chi connectivity index (χ0) is 17.7. The van der Waals surface area contributed by atoms with Gasteiger partial charge in [-0.2, -0.15) is 5.10 Å². The van der Waals surface area contributed by atoms with Crippen molar-refractivity contribution in [1.82, 2.24) is 24.9 Å². The van der Waals surface area contributed by atoms with Crippen LogP contribution in [0.2, 0.25) is 0 Å². The number of carboxylic acids is 1. The third-order valence-electron chi connectivity index (χ3n) is 5.11. The number of nitrogens with zero attached hydrogens (tertiary/aromatic N) is 4. The predicted octanol–water partition coefficient (Wildman–Crippen LogP) is 1.87. The van der Waals surface area contributed by atoms with Gasteiger partial charge in [-0.25, -0.2) is 4.52 Å². The summed E-state index contributed by atoms with van der Waals surface area (Å²) < 4.78 is 1.71. The van der Waals surface area contributed by atoms with Crippen molar-refractivity contribution in [3.05, 3.63) is 60.9 Å². The molecule has 7 heteroatoms. The first-order valence-electron chi connectivity index (χ1n) is 8.29. The molecular formula is C19H15N5O2. The molecule has 4 heterocycles. The molecule has 0 radical (unpaired) electrons. The van der Waals surface area contributed by atoms with Crippen molar-refractivity contribution < 1.29 is 9.90 Å². The van der Waals surface area contributed by atoms with Gasteiger partial charge in [0.15, 0.2) is 0 Å². The van der Waals surface area contributed by atoms with Gasteiger partial charge in [-0.05, 0) is 23.1 Å². The first kappa shape index (κ1) is 15.0. The molecule has 4 aromatic rings. The van der Waals surface area contributed by atoms with E-state index in [4.69, 9.17) is 0 Å². The molecule has 5 rings (SSSR count). The van der Waals surface area contributed by atoms with Gasteiger partial charge >= 0.3 is 5.97 Å². The molecule has 2 N–H and O–H groups in total. The molecule has 0 unspecified atom stereocenters. The Morgan fingerprint density at radius 1 is 1.15 bits per heavy atom. The van der Waals surface area contributed by atoms with Crippen LogP contribution < -0.4 is 5.32 Å². The first-order valence-corrected chi connectivity index (χ1v) is 8.29. The van der Waals surface area contributed by atoms with Gasteiger partial charge in [-0.1, -0.05) is 12.1 Å². The van der Waals surface area contributed by atoms with Crippen molar-refractivity contribution in [3.63, 3.8) is 0 Å². The van der Waals surface area contributed by atoms with Crippen molar-refractivity contribution in [2.45, 2.75) is 5.41 Å². The van der Waals surface area contributed by atoms with Crippen LogP contribution in [0.25, 0.3) is 27.4 Å². The van der Waals surface area contributed by atoms with Crippen LogP contribution in [0.4, 0.5) is 0 Å². The Bertz CT molecular complexity index is 1160. The van der Waals surface area contributed by atoms with Crippen molar-refractivity contribution in [2.75, 3.05) is 13.1 Å². The Morgan fingerprint density at radius 3 is 2.81 bits per heavy atom. The largest absolute Gasteiger partial charge is 0.480 e. The number of carbonyl (C=O) groups is 1. The third kappa shape index (κ3) is 2.04. The Hall–Kier alpha value is -3.32. The Kier molecular flexibility index (Phi) is 3.07. The fourth-order valence-electron chi connectivity index (χ4n) is 3.42. The smallest absolute Gasteiger partial charge is 0.318 e.